The Balaban J connectivity index is 1.70. The highest BCUT2D eigenvalue weighted by Crippen LogP contribution is 2.16. The molecule has 0 radical (unpaired) electrons. The van der Waals surface area contributed by atoms with Crippen LogP contribution in [0.15, 0.2) is 89.0 Å². The molecule has 0 fully saturated rings. The Labute approximate surface area is 194 Å². The van der Waals surface area contributed by atoms with E-state index in [1.807, 2.05) is 0 Å². The number of nitrogens with zero attached hydrogens (tertiary/aromatic N) is 2. The summed E-state index contributed by atoms with van der Waals surface area (Å²) in [6.45, 7) is 4.01. The van der Waals surface area contributed by atoms with Crippen LogP contribution < -0.4 is 16.7 Å². The average molecular weight is 459 g/mol. The number of carbonyl (C=O) groups is 1. The number of nitrogens with one attached hydrogen (secondary N) is 1. The third-order valence-electron chi connectivity index (χ3n) is 5.69. The molecule has 1 heterocycles. The molecule has 0 saturated heterocycles. The number of halogens is 1. The second kappa shape index (κ2) is 9.68. The second-order valence-electron chi connectivity index (χ2n) is 7.84. The van der Waals surface area contributed by atoms with Crippen molar-refractivity contribution in [2.24, 2.45) is 0 Å². The number of carbonyl (C=O) groups excluding carboxylic acids is 1. The molecule has 0 aliphatic heterocycles. The van der Waals surface area contributed by atoms with Gasteiger partial charge in [-0.25, -0.2) is 14.7 Å². The highest BCUT2D eigenvalue weighted by atomic mass is 19.1. The van der Waals surface area contributed by atoms with E-state index in [0.717, 1.165) is 11.1 Å². The zero-order valence-electron chi connectivity index (χ0n) is 18.2. The molecule has 0 saturated carbocycles. The standard InChI is InChI=1S/C26H22FN3O4/c1-17(24(31)28-34)20-10-6-19(7-11-20)16-30-23-5-3-2-4-22(23)25(32)29(26(30)33)15-14-18-8-12-21(27)13-9-18/h2-13,34H,1,14-16H2,(H,28,31). The quantitative estimate of drug-likeness (QED) is 0.252. The van der Waals surface area contributed by atoms with Gasteiger partial charge < -0.3 is 0 Å². The molecule has 172 valence electrons. The van der Waals surface area contributed by atoms with Gasteiger partial charge in [0.1, 0.15) is 5.82 Å². The van der Waals surface area contributed by atoms with Crippen LogP contribution in [0, 0.1) is 5.82 Å². The number of aromatic nitrogens is 2. The lowest BCUT2D eigenvalue weighted by atomic mass is 10.0. The van der Waals surface area contributed by atoms with Gasteiger partial charge in [0.2, 0.25) is 0 Å². The van der Waals surface area contributed by atoms with Crippen LogP contribution in [0.2, 0.25) is 0 Å². The third kappa shape index (κ3) is 4.57. The molecule has 7 nitrogen and oxygen atoms in total. The zero-order chi connectivity index (χ0) is 24.2. The summed E-state index contributed by atoms with van der Waals surface area (Å²) in [5.74, 6) is -1.05. The Kier molecular flexibility index (Phi) is 6.51. The number of rotatable bonds is 7. The van der Waals surface area contributed by atoms with Gasteiger partial charge in [0.05, 0.1) is 17.4 Å². The fourth-order valence-corrected chi connectivity index (χ4v) is 3.81. The number of hydrogen-bond acceptors (Lipinski definition) is 4. The van der Waals surface area contributed by atoms with Gasteiger partial charge in [-0.3, -0.25) is 23.9 Å². The zero-order valence-corrected chi connectivity index (χ0v) is 18.2. The molecule has 4 aromatic rings. The van der Waals surface area contributed by atoms with Crippen LogP contribution >= 0.6 is 0 Å². The number of fused-ring (bicyclic) bond motifs is 1. The molecule has 0 bridgehead atoms. The van der Waals surface area contributed by atoms with E-state index in [0.29, 0.717) is 22.9 Å². The van der Waals surface area contributed by atoms with E-state index in [2.05, 4.69) is 6.58 Å². The predicted molar refractivity (Wildman–Crippen MR) is 127 cm³/mol. The number of aryl methyl sites for hydroxylation is 1. The number of para-hydroxylation sites is 1. The van der Waals surface area contributed by atoms with Crippen LogP contribution in [0.5, 0.6) is 0 Å². The molecule has 2 N–H and O–H groups in total. The minimum atomic E-state index is -0.705. The maximum atomic E-state index is 13.4. The molecule has 1 amide bonds. The molecular weight excluding hydrogens is 437 g/mol. The topological polar surface area (TPSA) is 93.3 Å². The van der Waals surface area contributed by atoms with Gasteiger partial charge in [-0.05, 0) is 47.4 Å². The highest BCUT2D eigenvalue weighted by molar-refractivity contribution is 6.18. The summed E-state index contributed by atoms with van der Waals surface area (Å²) in [6.07, 6.45) is 0.400. The molecule has 0 aliphatic carbocycles. The molecule has 0 aliphatic rings. The first-order chi connectivity index (χ1) is 16.4. The molecule has 3 aromatic carbocycles. The highest BCUT2D eigenvalue weighted by Gasteiger charge is 2.14. The van der Waals surface area contributed by atoms with Gasteiger partial charge in [0, 0.05) is 12.1 Å². The van der Waals surface area contributed by atoms with Crippen molar-refractivity contribution < 1.29 is 14.4 Å². The Morgan fingerprint density at radius 3 is 2.24 bits per heavy atom. The van der Waals surface area contributed by atoms with Gasteiger partial charge >= 0.3 is 5.69 Å². The molecule has 1 aromatic heterocycles. The Bertz CT molecular complexity index is 1490. The first kappa shape index (κ1) is 22.9. The Hall–Kier alpha value is -4.30. The van der Waals surface area contributed by atoms with Crippen molar-refractivity contribution >= 4 is 22.4 Å². The maximum absolute atomic E-state index is 13.4. The van der Waals surface area contributed by atoms with Crippen LogP contribution in [0.3, 0.4) is 0 Å². The van der Waals surface area contributed by atoms with Crippen molar-refractivity contribution in [3.63, 3.8) is 0 Å². The van der Waals surface area contributed by atoms with Crippen LogP contribution in [0.4, 0.5) is 4.39 Å². The van der Waals surface area contributed by atoms with Crippen molar-refractivity contribution in [3.8, 4) is 0 Å². The van der Waals surface area contributed by atoms with Gasteiger partial charge in [0.15, 0.2) is 0 Å². The largest absolute Gasteiger partial charge is 0.331 e. The molecule has 0 spiro atoms. The van der Waals surface area contributed by atoms with E-state index >= 15 is 0 Å². The van der Waals surface area contributed by atoms with Gasteiger partial charge in [0.25, 0.3) is 11.5 Å². The lowest BCUT2D eigenvalue weighted by Crippen LogP contribution is -2.40. The fourth-order valence-electron chi connectivity index (χ4n) is 3.81. The summed E-state index contributed by atoms with van der Waals surface area (Å²) in [4.78, 5) is 38.0. The lowest BCUT2D eigenvalue weighted by molar-refractivity contribution is -0.123. The molecule has 4 rings (SSSR count). The normalized spacial score (nSPS) is 10.9. The van der Waals surface area contributed by atoms with Crippen molar-refractivity contribution in [3.05, 3.63) is 123 Å². The van der Waals surface area contributed by atoms with E-state index in [9.17, 15) is 18.8 Å². The van der Waals surface area contributed by atoms with Gasteiger partial charge in [-0.15, -0.1) is 0 Å². The van der Waals surface area contributed by atoms with E-state index in [4.69, 9.17) is 5.21 Å². The minimum Gasteiger partial charge on any atom is -0.289 e. The van der Waals surface area contributed by atoms with Gasteiger partial charge in [-0.2, -0.15) is 0 Å². The van der Waals surface area contributed by atoms with Gasteiger partial charge in [-0.1, -0.05) is 55.1 Å². The van der Waals surface area contributed by atoms with Crippen LogP contribution in [-0.4, -0.2) is 20.2 Å². The van der Waals surface area contributed by atoms with Crippen LogP contribution in [0.25, 0.3) is 16.5 Å². The van der Waals surface area contributed by atoms with Crippen LogP contribution in [-0.2, 0) is 24.3 Å². The summed E-state index contributed by atoms with van der Waals surface area (Å²) in [6, 6.07) is 19.7. The smallest absolute Gasteiger partial charge is 0.289 e. The Morgan fingerprint density at radius 1 is 0.912 bits per heavy atom. The summed E-state index contributed by atoms with van der Waals surface area (Å²) in [7, 11) is 0. The van der Waals surface area contributed by atoms with Crippen molar-refractivity contribution in [2.45, 2.75) is 19.5 Å². The summed E-state index contributed by atoms with van der Waals surface area (Å²) in [5, 5.41) is 9.20. The third-order valence-corrected chi connectivity index (χ3v) is 5.69. The van der Waals surface area contributed by atoms with E-state index in [1.54, 1.807) is 66.1 Å². The maximum Gasteiger partial charge on any atom is 0.331 e. The van der Waals surface area contributed by atoms with E-state index in [-0.39, 0.29) is 30.0 Å². The summed E-state index contributed by atoms with van der Waals surface area (Å²) < 4.78 is 15.9. The number of amides is 1. The number of hydroxylamine groups is 1. The Morgan fingerprint density at radius 2 is 1.56 bits per heavy atom. The second-order valence-corrected chi connectivity index (χ2v) is 7.84. The van der Waals surface area contributed by atoms with E-state index in [1.165, 1.54) is 21.3 Å². The van der Waals surface area contributed by atoms with E-state index < -0.39 is 11.6 Å². The molecule has 0 atom stereocenters. The molecular formula is C26H22FN3O4. The lowest BCUT2D eigenvalue weighted by Gasteiger charge is -2.15. The van der Waals surface area contributed by atoms with Crippen molar-refractivity contribution in [1.82, 2.24) is 14.6 Å². The molecule has 34 heavy (non-hydrogen) atoms. The van der Waals surface area contributed by atoms with Crippen LogP contribution in [0.1, 0.15) is 16.7 Å². The SMILES string of the molecule is C=C(C(=O)NO)c1ccc(Cn2c(=O)n(CCc3ccc(F)cc3)c(=O)c3ccccc32)cc1. The van der Waals surface area contributed by atoms with Crippen molar-refractivity contribution in [1.29, 1.82) is 0 Å². The molecule has 0 unspecified atom stereocenters. The van der Waals surface area contributed by atoms with Crippen molar-refractivity contribution in [2.75, 3.05) is 0 Å². The number of benzene rings is 3. The minimum absolute atomic E-state index is 0.103. The first-order valence-electron chi connectivity index (χ1n) is 10.6. The molecule has 8 heteroatoms. The number of hydrogen-bond donors (Lipinski definition) is 2. The summed E-state index contributed by atoms with van der Waals surface area (Å²) >= 11 is 0. The first-order valence-corrected chi connectivity index (χ1v) is 10.6. The summed E-state index contributed by atoms with van der Waals surface area (Å²) in [5.41, 5.74) is 3.46. The predicted octanol–water partition coefficient (Wildman–Crippen LogP) is 3.11. The average Bonchev–Trinajstić information content (AvgIpc) is 2.87. The fraction of sp³-hybridized carbons (Fsp3) is 0.115. The monoisotopic (exact) mass is 459 g/mol.